The van der Waals surface area contributed by atoms with E-state index < -0.39 is 18.0 Å². The van der Waals surface area contributed by atoms with Gasteiger partial charge in [-0.15, -0.1) is 0 Å². The molecular formula is C18H21N3O4. The van der Waals surface area contributed by atoms with E-state index in [0.29, 0.717) is 12.2 Å². The molecule has 1 heterocycles. The number of benzene rings is 1. The Kier molecular flexibility index (Phi) is 6.45. The minimum atomic E-state index is -0.995. The van der Waals surface area contributed by atoms with Crippen molar-refractivity contribution in [2.45, 2.75) is 39.3 Å². The van der Waals surface area contributed by atoms with E-state index in [1.54, 1.807) is 24.3 Å². The fourth-order valence-corrected chi connectivity index (χ4v) is 2.07. The number of rotatable bonds is 7. The lowest BCUT2D eigenvalue weighted by molar-refractivity contribution is -0.123. The topological polar surface area (TPSA) is 90.3 Å². The molecule has 0 aliphatic carbocycles. The number of para-hydroxylation sites is 1. The predicted molar refractivity (Wildman–Crippen MR) is 93.4 cm³/mol. The van der Waals surface area contributed by atoms with Crippen LogP contribution in [0.4, 0.5) is 5.69 Å². The molecule has 0 saturated heterocycles. The van der Waals surface area contributed by atoms with Gasteiger partial charge in [0.1, 0.15) is 0 Å². The van der Waals surface area contributed by atoms with Crippen molar-refractivity contribution < 1.29 is 14.3 Å². The summed E-state index contributed by atoms with van der Waals surface area (Å²) in [5, 5.41) is 6.66. The number of aromatic nitrogens is 2. The fourth-order valence-electron chi connectivity index (χ4n) is 2.07. The quantitative estimate of drug-likeness (QED) is 0.779. The third-order valence-corrected chi connectivity index (χ3v) is 3.49. The third kappa shape index (κ3) is 5.27. The van der Waals surface area contributed by atoms with Gasteiger partial charge >= 0.3 is 5.97 Å². The first kappa shape index (κ1) is 18.4. The second kappa shape index (κ2) is 8.77. The monoisotopic (exact) mass is 343 g/mol. The summed E-state index contributed by atoms with van der Waals surface area (Å²) >= 11 is 0. The van der Waals surface area contributed by atoms with Crippen molar-refractivity contribution in [1.82, 2.24) is 9.78 Å². The first-order valence-corrected chi connectivity index (χ1v) is 8.16. The molecule has 0 bridgehead atoms. The summed E-state index contributed by atoms with van der Waals surface area (Å²) in [6, 6.07) is 11.4. The fraction of sp³-hybridized carbons (Fsp3) is 0.333. The summed E-state index contributed by atoms with van der Waals surface area (Å²) in [7, 11) is 0. The van der Waals surface area contributed by atoms with Crippen molar-refractivity contribution in [1.29, 1.82) is 0 Å². The predicted octanol–water partition coefficient (Wildman–Crippen LogP) is 2.23. The van der Waals surface area contributed by atoms with Crippen LogP contribution in [0.5, 0.6) is 0 Å². The second-order valence-electron chi connectivity index (χ2n) is 5.54. The lowest BCUT2D eigenvalue weighted by Crippen LogP contribution is -2.31. The summed E-state index contributed by atoms with van der Waals surface area (Å²) in [5.74, 6) is -1.19. The summed E-state index contributed by atoms with van der Waals surface area (Å²) in [4.78, 5) is 36.0. The van der Waals surface area contributed by atoms with Crippen LogP contribution in [-0.4, -0.2) is 27.8 Å². The van der Waals surface area contributed by atoms with Crippen molar-refractivity contribution in [3.63, 3.8) is 0 Å². The van der Waals surface area contributed by atoms with E-state index in [0.717, 1.165) is 12.8 Å². The number of aryl methyl sites for hydroxylation is 1. The molecule has 0 aliphatic heterocycles. The molecule has 1 N–H and O–H groups in total. The number of unbranched alkanes of at least 4 members (excludes halogenated alkanes) is 1. The number of hydrogen-bond acceptors (Lipinski definition) is 5. The van der Waals surface area contributed by atoms with Crippen LogP contribution in [0.2, 0.25) is 0 Å². The average molecular weight is 343 g/mol. The van der Waals surface area contributed by atoms with E-state index in [-0.39, 0.29) is 11.3 Å². The highest BCUT2D eigenvalue weighted by Gasteiger charge is 2.20. The molecule has 1 atom stereocenters. The van der Waals surface area contributed by atoms with Crippen LogP contribution in [-0.2, 0) is 16.1 Å². The number of amides is 1. The molecule has 7 nitrogen and oxygen atoms in total. The summed E-state index contributed by atoms with van der Waals surface area (Å²) in [6.45, 7) is 3.90. The molecule has 0 radical (unpaired) electrons. The zero-order chi connectivity index (χ0) is 18.2. The highest BCUT2D eigenvalue weighted by molar-refractivity contribution is 5.96. The zero-order valence-electron chi connectivity index (χ0n) is 14.3. The first-order chi connectivity index (χ1) is 12.0. The largest absolute Gasteiger partial charge is 0.448 e. The van der Waals surface area contributed by atoms with Gasteiger partial charge in [-0.05, 0) is 31.5 Å². The van der Waals surface area contributed by atoms with Gasteiger partial charge in [-0.25, -0.2) is 9.48 Å². The molecule has 1 amide bonds. The molecule has 0 saturated carbocycles. The van der Waals surface area contributed by atoms with Crippen molar-refractivity contribution in [2.24, 2.45) is 0 Å². The maximum Gasteiger partial charge on any atom is 0.359 e. The lowest BCUT2D eigenvalue weighted by Gasteiger charge is -2.13. The molecule has 0 aliphatic rings. The van der Waals surface area contributed by atoms with E-state index in [4.69, 9.17) is 4.74 Å². The van der Waals surface area contributed by atoms with Crippen LogP contribution in [0.1, 0.15) is 37.2 Å². The Hall–Kier alpha value is -2.96. The maximum absolute atomic E-state index is 12.2. The molecule has 132 valence electrons. The SMILES string of the molecule is CCCCn1nc(C(=O)OC(C)C(=O)Nc2ccccc2)ccc1=O. The van der Waals surface area contributed by atoms with Crippen LogP contribution in [0, 0.1) is 0 Å². The van der Waals surface area contributed by atoms with Gasteiger partial charge in [0.05, 0.1) is 0 Å². The molecular weight excluding hydrogens is 322 g/mol. The molecule has 0 spiro atoms. The van der Waals surface area contributed by atoms with Gasteiger partial charge in [0.25, 0.3) is 11.5 Å². The number of nitrogens with one attached hydrogen (secondary N) is 1. The highest BCUT2D eigenvalue weighted by Crippen LogP contribution is 2.07. The second-order valence-corrected chi connectivity index (χ2v) is 5.54. The Labute approximate surface area is 145 Å². The number of anilines is 1. The number of carbonyl (C=O) groups excluding carboxylic acids is 2. The Morgan fingerprint density at radius 2 is 1.92 bits per heavy atom. The minimum absolute atomic E-state index is 0.00457. The zero-order valence-corrected chi connectivity index (χ0v) is 14.3. The standard InChI is InChI=1S/C18H21N3O4/c1-3-4-12-21-16(22)11-10-15(20-21)18(24)25-13(2)17(23)19-14-8-6-5-7-9-14/h5-11,13H,3-4,12H2,1-2H3,(H,19,23). The summed E-state index contributed by atoms with van der Waals surface area (Å²) in [6.07, 6.45) is 0.686. The Balaban J connectivity index is 2.01. The lowest BCUT2D eigenvalue weighted by atomic mass is 10.3. The van der Waals surface area contributed by atoms with Gasteiger partial charge in [-0.2, -0.15) is 5.10 Å². The van der Waals surface area contributed by atoms with Crippen LogP contribution in [0.15, 0.2) is 47.3 Å². The van der Waals surface area contributed by atoms with Crippen LogP contribution >= 0.6 is 0 Å². The van der Waals surface area contributed by atoms with Gasteiger partial charge in [0.15, 0.2) is 11.8 Å². The Morgan fingerprint density at radius 1 is 1.20 bits per heavy atom. The van der Waals surface area contributed by atoms with Gasteiger partial charge in [0.2, 0.25) is 0 Å². The number of carbonyl (C=O) groups is 2. The van der Waals surface area contributed by atoms with Crippen LogP contribution in [0.3, 0.4) is 0 Å². The van der Waals surface area contributed by atoms with Crippen LogP contribution < -0.4 is 10.9 Å². The Morgan fingerprint density at radius 3 is 2.60 bits per heavy atom. The van der Waals surface area contributed by atoms with Crippen molar-refractivity contribution in [3.05, 3.63) is 58.5 Å². The molecule has 1 aromatic carbocycles. The van der Waals surface area contributed by atoms with Gasteiger partial charge in [-0.1, -0.05) is 31.5 Å². The van der Waals surface area contributed by atoms with Gasteiger partial charge < -0.3 is 10.1 Å². The molecule has 1 aromatic heterocycles. The van der Waals surface area contributed by atoms with Crippen molar-refractivity contribution >= 4 is 17.6 Å². The number of esters is 1. The minimum Gasteiger partial charge on any atom is -0.448 e. The van der Waals surface area contributed by atoms with E-state index in [1.165, 1.54) is 23.7 Å². The van der Waals surface area contributed by atoms with Crippen molar-refractivity contribution in [2.75, 3.05) is 5.32 Å². The Bertz CT molecular complexity index is 786. The summed E-state index contributed by atoms with van der Waals surface area (Å²) in [5.41, 5.74) is 0.330. The summed E-state index contributed by atoms with van der Waals surface area (Å²) < 4.78 is 6.37. The normalized spacial score (nSPS) is 11.6. The third-order valence-electron chi connectivity index (χ3n) is 3.49. The maximum atomic E-state index is 12.2. The first-order valence-electron chi connectivity index (χ1n) is 8.16. The molecule has 25 heavy (non-hydrogen) atoms. The van der Waals surface area contributed by atoms with Gasteiger partial charge in [0, 0.05) is 18.3 Å². The van der Waals surface area contributed by atoms with E-state index in [9.17, 15) is 14.4 Å². The van der Waals surface area contributed by atoms with Gasteiger partial charge in [-0.3, -0.25) is 9.59 Å². The number of hydrogen-bond donors (Lipinski definition) is 1. The number of ether oxygens (including phenoxy) is 1. The molecule has 7 heteroatoms. The van der Waals surface area contributed by atoms with E-state index >= 15 is 0 Å². The highest BCUT2D eigenvalue weighted by atomic mass is 16.5. The molecule has 1 unspecified atom stereocenters. The molecule has 2 rings (SSSR count). The van der Waals surface area contributed by atoms with Crippen molar-refractivity contribution in [3.8, 4) is 0 Å². The molecule has 2 aromatic rings. The smallest absolute Gasteiger partial charge is 0.359 e. The van der Waals surface area contributed by atoms with E-state index in [1.807, 2.05) is 13.0 Å². The average Bonchev–Trinajstić information content (AvgIpc) is 2.61. The van der Waals surface area contributed by atoms with E-state index in [2.05, 4.69) is 10.4 Å². The number of nitrogens with zero attached hydrogens (tertiary/aromatic N) is 2. The van der Waals surface area contributed by atoms with Crippen LogP contribution in [0.25, 0.3) is 0 Å². The molecule has 0 fully saturated rings.